The first-order chi connectivity index (χ1) is 16.8. The molecule has 6 aromatic rings. The van der Waals surface area contributed by atoms with Crippen LogP contribution in [0.5, 0.6) is 0 Å². The number of hydrogen-bond donors (Lipinski definition) is 0. The van der Waals surface area contributed by atoms with Gasteiger partial charge in [-0.25, -0.2) is 0 Å². The third-order valence-corrected chi connectivity index (χ3v) is 8.86. The van der Waals surface area contributed by atoms with Gasteiger partial charge in [0.2, 0.25) is 0 Å². The van der Waals surface area contributed by atoms with Crippen LogP contribution in [-0.2, 0) is 6.42 Å². The molecule has 0 N–H and O–H groups in total. The van der Waals surface area contributed by atoms with Crippen molar-refractivity contribution < 1.29 is 0 Å². The van der Waals surface area contributed by atoms with Gasteiger partial charge in [0.15, 0.2) is 0 Å². The summed E-state index contributed by atoms with van der Waals surface area (Å²) in [6, 6.07) is 33.3. The molecule has 0 saturated heterocycles. The molecule has 0 atom stereocenters. The molecule has 2 nitrogen and oxygen atoms in total. The Balaban J connectivity index is 1.57. The molecule has 2 aromatic heterocycles. The lowest BCUT2D eigenvalue weighted by atomic mass is 10.0. The van der Waals surface area contributed by atoms with E-state index in [1.54, 1.807) is 8.93 Å². The predicted molar refractivity (Wildman–Crippen MR) is 155 cm³/mol. The quantitative estimate of drug-likeness (QED) is 0.194. The van der Waals surface area contributed by atoms with Crippen LogP contribution in [0.3, 0.4) is 0 Å². The van der Waals surface area contributed by atoms with Crippen LogP contribution in [0.2, 0.25) is 0 Å². The molecule has 0 aliphatic heterocycles. The lowest BCUT2D eigenvalue weighted by molar-refractivity contribution is 0.965. The summed E-state index contributed by atoms with van der Waals surface area (Å²) in [6.45, 7) is 0. The Kier molecular flexibility index (Phi) is 4.84. The fourth-order valence-electron chi connectivity index (χ4n) is 5.54. The first-order valence-corrected chi connectivity index (χ1v) is 14.9. The number of para-hydroxylation sites is 3. The Morgan fingerprint density at radius 3 is 1.85 bits per heavy atom. The van der Waals surface area contributed by atoms with Gasteiger partial charge in [0.1, 0.15) is 0 Å². The smallest absolute Gasteiger partial charge is 0.0541 e. The van der Waals surface area contributed by atoms with Crippen molar-refractivity contribution in [2.45, 2.75) is 17.7 Å². The van der Waals surface area contributed by atoms with Gasteiger partial charge < -0.3 is 9.13 Å². The van der Waals surface area contributed by atoms with Crippen LogP contribution in [0.15, 0.2) is 102 Å². The van der Waals surface area contributed by atoms with E-state index in [9.17, 15) is 0 Å². The SMILES string of the molecule is ISc1cc(-n2c3c(c4ccccc42)CCC=C3)cc(-n2c3ccccc3c3ccccc32)c1. The van der Waals surface area contributed by atoms with E-state index < -0.39 is 0 Å². The highest BCUT2D eigenvalue weighted by atomic mass is 127. The molecule has 0 saturated carbocycles. The number of benzene rings is 4. The second kappa shape index (κ2) is 8.07. The molecule has 0 fully saturated rings. The topological polar surface area (TPSA) is 9.86 Å². The van der Waals surface area contributed by atoms with Gasteiger partial charge in [-0.3, -0.25) is 0 Å². The second-order valence-corrected chi connectivity index (χ2v) is 10.7. The summed E-state index contributed by atoms with van der Waals surface area (Å²) in [6.07, 6.45) is 6.82. The van der Waals surface area contributed by atoms with Crippen molar-refractivity contribution in [1.29, 1.82) is 0 Å². The van der Waals surface area contributed by atoms with Crippen molar-refractivity contribution in [2.75, 3.05) is 0 Å². The van der Waals surface area contributed by atoms with Crippen molar-refractivity contribution in [3.63, 3.8) is 0 Å². The van der Waals surface area contributed by atoms with Crippen LogP contribution in [0.1, 0.15) is 17.7 Å². The number of nitrogens with zero attached hydrogens (tertiary/aromatic N) is 2. The summed E-state index contributed by atoms with van der Waals surface area (Å²) in [5, 5.41) is 3.95. The first-order valence-electron chi connectivity index (χ1n) is 11.5. The summed E-state index contributed by atoms with van der Waals surface area (Å²) in [5.41, 5.74) is 8.94. The van der Waals surface area contributed by atoms with Gasteiger partial charge in [-0.2, -0.15) is 0 Å². The molecule has 34 heavy (non-hydrogen) atoms. The molecule has 0 unspecified atom stereocenters. The van der Waals surface area contributed by atoms with E-state index in [1.165, 1.54) is 60.2 Å². The Morgan fingerprint density at radius 1 is 0.647 bits per heavy atom. The maximum absolute atomic E-state index is 2.45. The third-order valence-electron chi connectivity index (χ3n) is 6.92. The number of rotatable bonds is 3. The van der Waals surface area contributed by atoms with Crippen LogP contribution >= 0.6 is 30.1 Å². The van der Waals surface area contributed by atoms with E-state index in [0.29, 0.717) is 0 Å². The third kappa shape index (κ3) is 3.01. The van der Waals surface area contributed by atoms with Crippen molar-refractivity contribution >= 4 is 68.9 Å². The van der Waals surface area contributed by atoms with E-state index in [-0.39, 0.29) is 0 Å². The monoisotopic (exact) mass is 568 g/mol. The summed E-state index contributed by atoms with van der Waals surface area (Å²) in [5.74, 6) is 0. The molecule has 0 spiro atoms. The molecule has 0 radical (unpaired) electrons. The molecule has 4 heteroatoms. The lowest BCUT2D eigenvalue weighted by Gasteiger charge is -2.16. The maximum atomic E-state index is 2.45. The average Bonchev–Trinajstić information content (AvgIpc) is 3.42. The van der Waals surface area contributed by atoms with Crippen LogP contribution in [0.4, 0.5) is 0 Å². The zero-order valence-electron chi connectivity index (χ0n) is 18.4. The molecule has 4 aromatic carbocycles. The van der Waals surface area contributed by atoms with E-state index in [2.05, 4.69) is 133 Å². The van der Waals surface area contributed by atoms with Gasteiger partial charge in [-0.15, -0.1) is 0 Å². The number of halogens is 1. The number of aromatic nitrogens is 2. The average molecular weight is 568 g/mol. The van der Waals surface area contributed by atoms with Crippen molar-refractivity contribution in [1.82, 2.24) is 9.13 Å². The second-order valence-electron chi connectivity index (χ2n) is 8.79. The molecule has 1 aliphatic rings. The van der Waals surface area contributed by atoms with Gasteiger partial charge in [-0.05, 0) is 60.9 Å². The zero-order valence-corrected chi connectivity index (χ0v) is 21.4. The van der Waals surface area contributed by atoms with Crippen LogP contribution < -0.4 is 0 Å². The molecule has 2 heterocycles. The Bertz CT molecular complexity index is 1700. The normalized spacial score (nSPS) is 13.2. The van der Waals surface area contributed by atoms with E-state index in [0.717, 1.165) is 12.8 Å². The largest absolute Gasteiger partial charge is 0.309 e. The fourth-order valence-corrected chi connectivity index (χ4v) is 6.63. The van der Waals surface area contributed by atoms with E-state index in [1.807, 2.05) is 0 Å². The van der Waals surface area contributed by atoms with Gasteiger partial charge in [-0.1, -0.05) is 69.6 Å². The Labute approximate surface area is 214 Å². The number of allylic oxidation sites excluding steroid dienone is 1. The minimum Gasteiger partial charge on any atom is -0.309 e. The predicted octanol–water partition coefficient (Wildman–Crippen LogP) is 9.13. The summed E-state index contributed by atoms with van der Waals surface area (Å²) in [7, 11) is 1.77. The van der Waals surface area contributed by atoms with Gasteiger partial charge in [0, 0.05) is 59.3 Å². The summed E-state index contributed by atoms with van der Waals surface area (Å²) >= 11 is 2.40. The number of hydrogen-bond acceptors (Lipinski definition) is 1. The van der Waals surface area contributed by atoms with Crippen molar-refractivity contribution in [3.8, 4) is 11.4 Å². The van der Waals surface area contributed by atoms with E-state index in [4.69, 9.17) is 0 Å². The van der Waals surface area contributed by atoms with Gasteiger partial charge in [0.25, 0.3) is 0 Å². The first kappa shape index (κ1) is 20.4. The molecule has 0 bridgehead atoms. The molecule has 0 amide bonds. The van der Waals surface area contributed by atoms with Gasteiger partial charge in [0.05, 0.1) is 16.6 Å². The van der Waals surface area contributed by atoms with Crippen LogP contribution in [0, 0.1) is 0 Å². The zero-order chi connectivity index (χ0) is 22.6. The molecular formula is C30H21IN2S. The lowest BCUT2D eigenvalue weighted by Crippen LogP contribution is -2.02. The highest BCUT2D eigenvalue weighted by molar-refractivity contribution is 14.2. The minimum absolute atomic E-state index is 1.10. The fraction of sp³-hybridized carbons (Fsp3) is 0.0667. The highest BCUT2D eigenvalue weighted by Crippen LogP contribution is 2.38. The molecule has 164 valence electrons. The minimum atomic E-state index is 1.10. The standard InChI is InChI=1S/C30H21IN2S/c31-34-22-18-20(32-27-13-5-1-9-23(27)24-10-2-6-14-28(24)32)17-21(19-22)33-29-15-7-3-11-25(29)26-12-4-8-16-30(26)33/h1-3,5-11,13-19H,4,12H2. The Morgan fingerprint density at radius 2 is 1.21 bits per heavy atom. The van der Waals surface area contributed by atoms with Crippen molar-refractivity contribution in [3.05, 3.63) is 108 Å². The van der Waals surface area contributed by atoms with Gasteiger partial charge >= 0.3 is 0 Å². The molecule has 7 rings (SSSR count). The van der Waals surface area contributed by atoms with Crippen LogP contribution in [-0.4, -0.2) is 9.13 Å². The number of fused-ring (bicyclic) bond motifs is 6. The summed E-state index contributed by atoms with van der Waals surface area (Å²) in [4.78, 5) is 1.25. The highest BCUT2D eigenvalue weighted by Gasteiger charge is 2.20. The molecule has 1 aliphatic carbocycles. The van der Waals surface area contributed by atoms with E-state index >= 15 is 0 Å². The molecular weight excluding hydrogens is 547 g/mol. The van der Waals surface area contributed by atoms with Crippen molar-refractivity contribution in [2.24, 2.45) is 0 Å². The summed E-state index contributed by atoms with van der Waals surface area (Å²) < 4.78 is 4.87. The Hall–Kier alpha value is -2.96. The maximum Gasteiger partial charge on any atom is 0.0541 e. The number of aryl methyl sites for hydroxylation is 1. The van der Waals surface area contributed by atoms with Crippen LogP contribution in [0.25, 0.3) is 50.2 Å².